The fourth-order valence-electron chi connectivity index (χ4n) is 2.61. The summed E-state index contributed by atoms with van der Waals surface area (Å²) in [6.07, 6.45) is 7.42. The van der Waals surface area contributed by atoms with Crippen molar-refractivity contribution in [3.63, 3.8) is 0 Å². The Morgan fingerprint density at radius 3 is 2.27 bits per heavy atom. The maximum atomic E-state index is 3.56. The van der Waals surface area contributed by atoms with Crippen LogP contribution in [0.1, 0.15) is 39.0 Å². The molecular formula is C10H19N. The van der Waals surface area contributed by atoms with E-state index >= 15 is 0 Å². The molecule has 11 heavy (non-hydrogen) atoms. The lowest BCUT2D eigenvalue weighted by Gasteiger charge is -2.43. The molecule has 2 unspecified atom stereocenters. The molecule has 64 valence electrons. The van der Waals surface area contributed by atoms with Crippen molar-refractivity contribution in [3.05, 3.63) is 0 Å². The molecule has 0 bridgehead atoms. The smallest absolute Gasteiger partial charge is 0.0133 e. The summed E-state index contributed by atoms with van der Waals surface area (Å²) in [5.74, 6) is 1.98. The zero-order valence-electron chi connectivity index (χ0n) is 7.47. The first-order chi connectivity index (χ1) is 5.38. The first-order valence-electron chi connectivity index (χ1n) is 5.11. The fraction of sp³-hybridized carbons (Fsp3) is 1.00. The average molecular weight is 153 g/mol. The maximum Gasteiger partial charge on any atom is 0.0133 e. The Bertz CT molecular complexity index is 127. The van der Waals surface area contributed by atoms with E-state index in [1.54, 1.807) is 0 Å². The molecule has 0 aromatic rings. The molecule has 1 heteroatoms. The SMILES string of the molecule is CC1CNC1C1CCCCC1. The molecule has 0 amide bonds. The van der Waals surface area contributed by atoms with E-state index in [1.165, 1.54) is 38.6 Å². The van der Waals surface area contributed by atoms with Crippen LogP contribution in [0.15, 0.2) is 0 Å². The quantitative estimate of drug-likeness (QED) is 0.609. The Morgan fingerprint density at radius 1 is 1.09 bits per heavy atom. The van der Waals surface area contributed by atoms with Crippen LogP contribution < -0.4 is 5.32 Å². The van der Waals surface area contributed by atoms with Crippen LogP contribution in [0, 0.1) is 11.8 Å². The van der Waals surface area contributed by atoms with Gasteiger partial charge in [0.1, 0.15) is 0 Å². The molecule has 2 rings (SSSR count). The van der Waals surface area contributed by atoms with E-state index in [2.05, 4.69) is 12.2 Å². The van der Waals surface area contributed by atoms with E-state index in [-0.39, 0.29) is 0 Å². The second-order valence-electron chi connectivity index (χ2n) is 4.31. The third kappa shape index (κ3) is 1.44. The second-order valence-corrected chi connectivity index (χ2v) is 4.31. The summed E-state index contributed by atoms with van der Waals surface area (Å²) in [5.41, 5.74) is 0. The van der Waals surface area contributed by atoms with Gasteiger partial charge < -0.3 is 5.32 Å². The molecule has 1 nitrogen and oxygen atoms in total. The molecule has 1 heterocycles. The van der Waals surface area contributed by atoms with Crippen LogP contribution in [0.25, 0.3) is 0 Å². The zero-order chi connectivity index (χ0) is 7.68. The monoisotopic (exact) mass is 153 g/mol. The van der Waals surface area contributed by atoms with Crippen LogP contribution in [0.3, 0.4) is 0 Å². The molecule has 2 fully saturated rings. The Morgan fingerprint density at radius 2 is 1.82 bits per heavy atom. The molecular weight excluding hydrogens is 134 g/mol. The summed E-state index contributed by atoms with van der Waals surface area (Å²) in [7, 11) is 0. The summed E-state index contributed by atoms with van der Waals surface area (Å²) in [5, 5.41) is 3.56. The minimum atomic E-state index is 0.885. The van der Waals surface area contributed by atoms with Crippen LogP contribution in [0.4, 0.5) is 0 Å². The van der Waals surface area contributed by atoms with E-state index in [4.69, 9.17) is 0 Å². The van der Waals surface area contributed by atoms with Gasteiger partial charge in [0.05, 0.1) is 0 Å². The van der Waals surface area contributed by atoms with E-state index in [0.717, 1.165) is 17.9 Å². The van der Waals surface area contributed by atoms with E-state index in [1.807, 2.05) is 0 Å². The van der Waals surface area contributed by atoms with Crippen LogP contribution in [0.5, 0.6) is 0 Å². The lowest BCUT2D eigenvalue weighted by atomic mass is 9.75. The molecule has 0 radical (unpaired) electrons. The molecule has 2 atom stereocenters. The fourth-order valence-corrected chi connectivity index (χ4v) is 2.61. The molecule has 2 aliphatic rings. The van der Waals surface area contributed by atoms with Gasteiger partial charge in [0, 0.05) is 6.04 Å². The van der Waals surface area contributed by atoms with Crippen molar-refractivity contribution in [2.75, 3.05) is 6.54 Å². The summed E-state index contributed by atoms with van der Waals surface area (Å²) in [6.45, 7) is 3.65. The van der Waals surface area contributed by atoms with Gasteiger partial charge in [0.15, 0.2) is 0 Å². The Kier molecular flexibility index (Phi) is 2.17. The lowest BCUT2D eigenvalue weighted by molar-refractivity contribution is 0.143. The molecule has 1 aliphatic carbocycles. The molecule has 0 aromatic heterocycles. The van der Waals surface area contributed by atoms with Gasteiger partial charge in [-0.1, -0.05) is 26.2 Å². The number of hydrogen-bond acceptors (Lipinski definition) is 1. The lowest BCUT2D eigenvalue weighted by Crippen LogP contribution is -2.55. The topological polar surface area (TPSA) is 12.0 Å². The molecule has 0 aromatic carbocycles. The van der Waals surface area contributed by atoms with Crippen molar-refractivity contribution >= 4 is 0 Å². The van der Waals surface area contributed by atoms with Gasteiger partial charge in [0.2, 0.25) is 0 Å². The number of hydrogen-bond donors (Lipinski definition) is 1. The standard InChI is InChI=1S/C10H19N/c1-8-7-11-10(8)9-5-3-2-4-6-9/h8-11H,2-7H2,1H3. The highest BCUT2D eigenvalue weighted by atomic mass is 15.0. The van der Waals surface area contributed by atoms with Crippen LogP contribution >= 0.6 is 0 Å². The summed E-state index contributed by atoms with van der Waals surface area (Å²) < 4.78 is 0. The molecule has 1 saturated carbocycles. The van der Waals surface area contributed by atoms with Crippen molar-refractivity contribution in [2.45, 2.75) is 45.1 Å². The Hall–Kier alpha value is -0.0400. The summed E-state index contributed by atoms with van der Waals surface area (Å²) >= 11 is 0. The van der Waals surface area contributed by atoms with Gasteiger partial charge in [-0.3, -0.25) is 0 Å². The third-order valence-corrected chi connectivity index (χ3v) is 3.45. The maximum absolute atomic E-state index is 3.56. The highest BCUT2D eigenvalue weighted by Crippen LogP contribution is 2.32. The van der Waals surface area contributed by atoms with Gasteiger partial charge in [0.25, 0.3) is 0 Å². The minimum Gasteiger partial charge on any atom is -0.313 e. The molecule has 1 aliphatic heterocycles. The predicted molar refractivity (Wildman–Crippen MR) is 47.5 cm³/mol. The van der Waals surface area contributed by atoms with Crippen molar-refractivity contribution in [2.24, 2.45) is 11.8 Å². The number of nitrogens with one attached hydrogen (secondary N) is 1. The Balaban J connectivity index is 1.83. The molecule has 1 N–H and O–H groups in total. The first-order valence-corrected chi connectivity index (χ1v) is 5.11. The summed E-state index contributed by atoms with van der Waals surface area (Å²) in [4.78, 5) is 0. The highest BCUT2D eigenvalue weighted by Gasteiger charge is 2.33. The van der Waals surface area contributed by atoms with Crippen molar-refractivity contribution in [3.8, 4) is 0 Å². The zero-order valence-corrected chi connectivity index (χ0v) is 7.47. The van der Waals surface area contributed by atoms with Crippen molar-refractivity contribution in [1.29, 1.82) is 0 Å². The van der Waals surface area contributed by atoms with Crippen LogP contribution in [0.2, 0.25) is 0 Å². The normalized spacial score (nSPS) is 40.1. The van der Waals surface area contributed by atoms with Gasteiger partial charge >= 0.3 is 0 Å². The predicted octanol–water partition coefficient (Wildman–Crippen LogP) is 2.17. The second kappa shape index (κ2) is 3.14. The van der Waals surface area contributed by atoms with Gasteiger partial charge in [-0.15, -0.1) is 0 Å². The van der Waals surface area contributed by atoms with Crippen LogP contribution in [-0.2, 0) is 0 Å². The average Bonchev–Trinajstić information content (AvgIpc) is 2.04. The Labute approximate surface area is 69.6 Å². The summed E-state index contributed by atoms with van der Waals surface area (Å²) in [6, 6.07) is 0.885. The largest absolute Gasteiger partial charge is 0.313 e. The molecule has 1 saturated heterocycles. The van der Waals surface area contributed by atoms with E-state index in [0.29, 0.717) is 0 Å². The molecule has 0 spiro atoms. The van der Waals surface area contributed by atoms with Gasteiger partial charge in [-0.2, -0.15) is 0 Å². The van der Waals surface area contributed by atoms with Crippen molar-refractivity contribution in [1.82, 2.24) is 5.32 Å². The van der Waals surface area contributed by atoms with Crippen molar-refractivity contribution < 1.29 is 0 Å². The van der Waals surface area contributed by atoms with E-state index in [9.17, 15) is 0 Å². The van der Waals surface area contributed by atoms with E-state index < -0.39 is 0 Å². The van der Waals surface area contributed by atoms with Crippen LogP contribution in [-0.4, -0.2) is 12.6 Å². The number of rotatable bonds is 1. The van der Waals surface area contributed by atoms with Gasteiger partial charge in [-0.05, 0) is 31.2 Å². The van der Waals surface area contributed by atoms with Gasteiger partial charge in [-0.25, -0.2) is 0 Å². The first kappa shape index (κ1) is 7.60. The third-order valence-electron chi connectivity index (χ3n) is 3.45. The highest BCUT2D eigenvalue weighted by molar-refractivity contribution is 4.91. The minimum absolute atomic E-state index is 0.885.